The lowest BCUT2D eigenvalue weighted by Gasteiger charge is -2.16. The summed E-state index contributed by atoms with van der Waals surface area (Å²) in [5.41, 5.74) is 0. The van der Waals surface area contributed by atoms with E-state index >= 15 is 0 Å². The van der Waals surface area contributed by atoms with E-state index in [2.05, 4.69) is 5.32 Å². The molecule has 19 heavy (non-hydrogen) atoms. The highest BCUT2D eigenvalue weighted by atomic mass is 16.3. The third-order valence-corrected chi connectivity index (χ3v) is 2.95. The van der Waals surface area contributed by atoms with Crippen molar-refractivity contribution in [2.24, 2.45) is 0 Å². The van der Waals surface area contributed by atoms with E-state index in [1.807, 2.05) is 13.0 Å². The summed E-state index contributed by atoms with van der Waals surface area (Å²) in [5.74, 6) is -0.110. The molecule has 0 aliphatic carbocycles. The average Bonchev–Trinajstić information content (AvgIpc) is 2.94. The van der Waals surface area contributed by atoms with Crippen LogP contribution in [-0.4, -0.2) is 35.2 Å². The average molecular weight is 264 g/mol. The number of carbonyl (C=O) groups excluding carboxylic acids is 3. The van der Waals surface area contributed by atoms with Crippen molar-refractivity contribution in [2.75, 3.05) is 6.54 Å². The molecule has 1 atom stereocenters. The van der Waals surface area contributed by atoms with Crippen molar-refractivity contribution in [3.05, 3.63) is 24.2 Å². The first-order chi connectivity index (χ1) is 9.06. The molecule has 2 heterocycles. The molecule has 1 N–H and O–H groups in total. The molecule has 0 unspecified atom stereocenters. The van der Waals surface area contributed by atoms with E-state index in [1.165, 1.54) is 0 Å². The quantitative estimate of drug-likeness (QED) is 0.784. The van der Waals surface area contributed by atoms with E-state index < -0.39 is 0 Å². The Hall–Kier alpha value is -2.11. The lowest BCUT2D eigenvalue weighted by molar-refractivity contribution is -0.142. The summed E-state index contributed by atoms with van der Waals surface area (Å²) >= 11 is 0. The van der Waals surface area contributed by atoms with Crippen LogP contribution in [0.3, 0.4) is 0 Å². The van der Waals surface area contributed by atoms with E-state index in [0.717, 1.165) is 10.7 Å². The zero-order chi connectivity index (χ0) is 13.8. The van der Waals surface area contributed by atoms with Crippen molar-refractivity contribution in [3.8, 4) is 0 Å². The second kappa shape index (κ2) is 5.69. The summed E-state index contributed by atoms with van der Waals surface area (Å²) in [6.45, 7) is 1.65. The highest BCUT2D eigenvalue weighted by molar-refractivity contribution is 6.04. The summed E-state index contributed by atoms with van der Waals surface area (Å²) in [7, 11) is 0. The van der Waals surface area contributed by atoms with E-state index in [9.17, 15) is 14.4 Å². The van der Waals surface area contributed by atoms with Crippen LogP contribution in [0.2, 0.25) is 0 Å². The number of hydrogen-bond acceptors (Lipinski definition) is 4. The maximum absolute atomic E-state index is 11.7. The number of hydrogen-bond donors (Lipinski definition) is 1. The molecule has 1 aliphatic heterocycles. The monoisotopic (exact) mass is 264 g/mol. The van der Waals surface area contributed by atoms with Crippen molar-refractivity contribution in [1.82, 2.24) is 10.2 Å². The van der Waals surface area contributed by atoms with E-state index in [1.54, 1.807) is 12.3 Å². The maximum atomic E-state index is 11.7. The number of imide groups is 1. The number of likely N-dealkylation sites (tertiary alicyclic amines) is 1. The van der Waals surface area contributed by atoms with Gasteiger partial charge in [-0.2, -0.15) is 0 Å². The Balaban J connectivity index is 1.80. The number of rotatable bonds is 5. The van der Waals surface area contributed by atoms with Crippen molar-refractivity contribution in [3.63, 3.8) is 0 Å². The van der Waals surface area contributed by atoms with Crippen LogP contribution in [0.4, 0.5) is 0 Å². The number of nitrogens with one attached hydrogen (secondary N) is 1. The van der Waals surface area contributed by atoms with E-state index in [-0.39, 0.29) is 43.1 Å². The molecule has 6 nitrogen and oxygen atoms in total. The third kappa shape index (κ3) is 3.43. The van der Waals surface area contributed by atoms with Crippen molar-refractivity contribution in [1.29, 1.82) is 0 Å². The predicted octanol–water partition coefficient (Wildman–Crippen LogP) is 0.476. The van der Waals surface area contributed by atoms with Crippen LogP contribution in [0.5, 0.6) is 0 Å². The van der Waals surface area contributed by atoms with Crippen LogP contribution < -0.4 is 5.32 Å². The largest absolute Gasteiger partial charge is 0.469 e. The first-order valence-electron chi connectivity index (χ1n) is 6.21. The Bertz CT molecular complexity index is 465. The van der Waals surface area contributed by atoms with Crippen molar-refractivity contribution >= 4 is 17.7 Å². The fourth-order valence-electron chi connectivity index (χ4n) is 2.04. The summed E-state index contributed by atoms with van der Waals surface area (Å²) in [6, 6.07) is 3.49. The summed E-state index contributed by atoms with van der Waals surface area (Å²) < 4.78 is 5.18. The summed E-state index contributed by atoms with van der Waals surface area (Å²) in [4.78, 5) is 35.5. The lowest BCUT2D eigenvalue weighted by atomic mass is 10.2. The highest BCUT2D eigenvalue weighted by Crippen LogP contribution is 2.11. The van der Waals surface area contributed by atoms with E-state index in [0.29, 0.717) is 6.42 Å². The molecule has 0 saturated carbocycles. The Kier molecular flexibility index (Phi) is 3.99. The first-order valence-corrected chi connectivity index (χ1v) is 6.21. The van der Waals surface area contributed by atoms with Crippen LogP contribution >= 0.6 is 0 Å². The van der Waals surface area contributed by atoms with Crippen LogP contribution in [0.25, 0.3) is 0 Å². The molecule has 1 saturated heterocycles. The molecular weight excluding hydrogens is 248 g/mol. The molecule has 2 rings (SSSR count). The zero-order valence-electron chi connectivity index (χ0n) is 10.7. The second-order valence-electron chi connectivity index (χ2n) is 4.63. The molecule has 102 valence electrons. The van der Waals surface area contributed by atoms with Crippen LogP contribution in [0.15, 0.2) is 22.8 Å². The second-order valence-corrected chi connectivity index (χ2v) is 4.63. The smallest absolute Gasteiger partial charge is 0.240 e. The van der Waals surface area contributed by atoms with Gasteiger partial charge in [-0.25, -0.2) is 0 Å². The minimum Gasteiger partial charge on any atom is -0.469 e. The van der Waals surface area contributed by atoms with Gasteiger partial charge in [-0.05, 0) is 19.1 Å². The predicted molar refractivity (Wildman–Crippen MR) is 66.0 cm³/mol. The molecule has 0 bridgehead atoms. The molecule has 0 spiro atoms. The molecular formula is C13H16N2O4. The SMILES string of the molecule is C[C@H](Cc1ccco1)NC(=O)CN1C(=O)CCC1=O. The van der Waals surface area contributed by atoms with Gasteiger partial charge in [-0.1, -0.05) is 0 Å². The molecule has 0 aromatic carbocycles. The summed E-state index contributed by atoms with van der Waals surface area (Å²) in [5, 5.41) is 2.74. The van der Waals surface area contributed by atoms with Gasteiger partial charge in [0.1, 0.15) is 12.3 Å². The topological polar surface area (TPSA) is 79.6 Å². The number of amides is 3. The number of nitrogens with zero attached hydrogens (tertiary/aromatic N) is 1. The van der Waals surface area contributed by atoms with Crippen molar-refractivity contribution < 1.29 is 18.8 Å². The Morgan fingerprint density at radius 1 is 1.42 bits per heavy atom. The van der Waals surface area contributed by atoms with Gasteiger partial charge in [0.15, 0.2) is 0 Å². The lowest BCUT2D eigenvalue weighted by Crippen LogP contribution is -2.43. The summed E-state index contributed by atoms with van der Waals surface area (Å²) in [6.07, 6.45) is 2.55. The zero-order valence-corrected chi connectivity index (χ0v) is 10.7. The molecule has 1 fully saturated rings. The molecule has 1 aliphatic rings. The van der Waals surface area contributed by atoms with Gasteiger partial charge in [0.2, 0.25) is 17.7 Å². The fourth-order valence-corrected chi connectivity index (χ4v) is 2.04. The van der Waals surface area contributed by atoms with Gasteiger partial charge in [-0.3, -0.25) is 19.3 Å². The Morgan fingerprint density at radius 2 is 2.11 bits per heavy atom. The maximum Gasteiger partial charge on any atom is 0.240 e. The van der Waals surface area contributed by atoms with Gasteiger partial charge in [0.25, 0.3) is 0 Å². The Morgan fingerprint density at radius 3 is 2.68 bits per heavy atom. The van der Waals surface area contributed by atoms with Gasteiger partial charge >= 0.3 is 0 Å². The number of furan rings is 1. The molecule has 3 amide bonds. The van der Waals surface area contributed by atoms with Crippen LogP contribution in [-0.2, 0) is 20.8 Å². The van der Waals surface area contributed by atoms with Gasteiger partial charge in [0, 0.05) is 25.3 Å². The standard InChI is InChI=1S/C13H16N2O4/c1-9(7-10-3-2-6-19-10)14-11(16)8-15-12(17)4-5-13(15)18/h2-3,6,9H,4-5,7-8H2,1H3,(H,14,16)/t9-/m1/s1. The van der Waals surface area contributed by atoms with Gasteiger partial charge < -0.3 is 9.73 Å². The third-order valence-electron chi connectivity index (χ3n) is 2.95. The number of carbonyl (C=O) groups is 3. The highest BCUT2D eigenvalue weighted by Gasteiger charge is 2.30. The normalized spacial score (nSPS) is 16.8. The minimum absolute atomic E-state index is 0.119. The van der Waals surface area contributed by atoms with Gasteiger partial charge in [0.05, 0.1) is 6.26 Å². The molecule has 1 aromatic heterocycles. The van der Waals surface area contributed by atoms with Crippen LogP contribution in [0.1, 0.15) is 25.5 Å². The van der Waals surface area contributed by atoms with Crippen LogP contribution in [0, 0.1) is 0 Å². The first kappa shape index (κ1) is 13.3. The van der Waals surface area contributed by atoms with Gasteiger partial charge in [-0.15, -0.1) is 0 Å². The van der Waals surface area contributed by atoms with Crippen molar-refractivity contribution in [2.45, 2.75) is 32.2 Å². The molecule has 6 heteroatoms. The molecule has 1 aromatic rings. The molecule has 0 radical (unpaired) electrons. The van der Waals surface area contributed by atoms with E-state index in [4.69, 9.17) is 4.42 Å². The Labute approximate surface area is 110 Å². The minimum atomic E-state index is -0.331. The fraction of sp³-hybridized carbons (Fsp3) is 0.462.